The van der Waals surface area contributed by atoms with Gasteiger partial charge in [-0.3, -0.25) is 14.4 Å². The van der Waals surface area contributed by atoms with Crippen molar-refractivity contribution in [3.05, 3.63) is 71.3 Å². The second-order valence-electron chi connectivity index (χ2n) is 9.96. The Bertz CT molecular complexity index is 974. The molecule has 0 spiro atoms. The summed E-state index contributed by atoms with van der Waals surface area (Å²) in [5, 5.41) is 0. The molecular formula is C29H38N2O3. The molecular weight excluding hydrogens is 424 g/mol. The van der Waals surface area contributed by atoms with Crippen LogP contribution in [0.1, 0.15) is 67.9 Å². The lowest BCUT2D eigenvalue weighted by Crippen LogP contribution is -2.51. The largest absolute Gasteiger partial charge is 0.341 e. The zero-order valence-electron chi connectivity index (χ0n) is 21.0. The third kappa shape index (κ3) is 5.94. The maximum atomic E-state index is 13.1. The number of likely N-dealkylation sites (N-methyl/N-ethyl adjacent to an activating group) is 1. The van der Waals surface area contributed by atoms with E-state index in [0.717, 1.165) is 18.4 Å². The van der Waals surface area contributed by atoms with E-state index in [-0.39, 0.29) is 24.1 Å². The number of likely N-dealkylation sites (tertiary alicyclic amines) is 1. The molecule has 1 aliphatic heterocycles. The molecule has 0 saturated carbocycles. The van der Waals surface area contributed by atoms with Gasteiger partial charge in [0.05, 0.1) is 12.0 Å². The van der Waals surface area contributed by atoms with Gasteiger partial charge in [-0.05, 0) is 54.9 Å². The van der Waals surface area contributed by atoms with Crippen LogP contribution in [0.25, 0.3) is 0 Å². The number of amides is 2. The minimum Gasteiger partial charge on any atom is -0.341 e. The molecule has 0 atom stereocenters. The highest BCUT2D eigenvalue weighted by atomic mass is 16.2. The van der Waals surface area contributed by atoms with E-state index in [1.165, 1.54) is 10.5 Å². The van der Waals surface area contributed by atoms with Crippen molar-refractivity contribution in [1.29, 1.82) is 0 Å². The number of ketones is 1. The lowest BCUT2D eigenvalue weighted by Gasteiger charge is -2.41. The molecule has 0 unspecified atom stereocenters. The second kappa shape index (κ2) is 11.5. The number of piperidine rings is 1. The number of carbonyl (C=O) groups excluding carboxylic acids is 3. The minimum atomic E-state index is -0.520. The molecule has 1 aliphatic rings. The molecule has 0 N–H and O–H groups in total. The predicted octanol–water partition coefficient (Wildman–Crippen LogP) is 4.89. The highest BCUT2D eigenvalue weighted by molar-refractivity contribution is 5.96. The van der Waals surface area contributed by atoms with Gasteiger partial charge >= 0.3 is 0 Å². The van der Waals surface area contributed by atoms with E-state index in [1.807, 2.05) is 61.5 Å². The molecule has 5 heteroatoms. The Kier molecular flexibility index (Phi) is 8.65. The van der Waals surface area contributed by atoms with E-state index < -0.39 is 5.41 Å². The summed E-state index contributed by atoms with van der Waals surface area (Å²) in [4.78, 5) is 42.3. The lowest BCUT2D eigenvalue weighted by molar-refractivity contribution is -0.136. The molecule has 0 bridgehead atoms. The fourth-order valence-electron chi connectivity index (χ4n) is 4.94. The molecule has 0 radical (unpaired) electrons. The predicted molar refractivity (Wildman–Crippen MR) is 136 cm³/mol. The minimum absolute atomic E-state index is 0.0355. The van der Waals surface area contributed by atoms with Gasteiger partial charge in [-0.15, -0.1) is 0 Å². The Labute approximate surface area is 204 Å². The first kappa shape index (κ1) is 25.7. The molecule has 5 nitrogen and oxygen atoms in total. The summed E-state index contributed by atoms with van der Waals surface area (Å²) in [6, 6.07) is 17.6. The van der Waals surface area contributed by atoms with E-state index >= 15 is 0 Å². The van der Waals surface area contributed by atoms with Gasteiger partial charge in [-0.1, -0.05) is 63.2 Å². The number of Topliss-reactive ketones (excluding diaryl/α,β-unsaturated/α-hetero) is 1. The monoisotopic (exact) mass is 462 g/mol. The summed E-state index contributed by atoms with van der Waals surface area (Å²) < 4.78 is 0. The maximum absolute atomic E-state index is 13.1. The fraction of sp³-hybridized carbons (Fsp3) is 0.483. The topological polar surface area (TPSA) is 57.7 Å². The third-order valence-electron chi connectivity index (χ3n) is 6.87. The zero-order valence-corrected chi connectivity index (χ0v) is 21.0. The Morgan fingerprint density at radius 1 is 0.971 bits per heavy atom. The van der Waals surface area contributed by atoms with E-state index in [9.17, 15) is 14.4 Å². The first-order chi connectivity index (χ1) is 16.3. The van der Waals surface area contributed by atoms with E-state index in [0.29, 0.717) is 43.8 Å². The van der Waals surface area contributed by atoms with Gasteiger partial charge in [-0.2, -0.15) is 0 Å². The van der Waals surface area contributed by atoms with Gasteiger partial charge in [0.15, 0.2) is 0 Å². The molecule has 3 rings (SSSR count). The summed E-state index contributed by atoms with van der Waals surface area (Å²) in [5.41, 5.74) is 2.33. The lowest BCUT2D eigenvalue weighted by atomic mass is 9.68. The van der Waals surface area contributed by atoms with Crippen LogP contribution in [0.2, 0.25) is 0 Å². The number of rotatable bonds is 9. The molecule has 34 heavy (non-hydrogen) atoms. The number of hydrogen-bond donors (Lipinski definition) is 0. The van der Waals surface area contributed by atoms with Crippen molar-refractivity contribution in [2.75, 3.05) is 26.7 Å². The van der Waals surface area contributed by atoms with E-state index in [2.05, 4.69) is 13.8 Å². The summed E-state index contributed by atoms with van der Waals surface area (Å²) in [5.74, 6) is 0.598. The average molecular weight is 463 g/mol. The Hall–Kier alpha value is -2.95. The Balaban J connectivity index is 1.62. The van der Waals surface area contributed by atoms with Crippen molar-refractivity contribution in [3.63, 3.8) is 0 Å². The highest BCUT2D eigenvalue weighted by Crippen LogP contribution is 2.37. The zero-order chi connectivity index (χ0) is 24.7. The van der Waals surface area contributed by atoms with Crippen molar-refractivity contribution in [1.82, 2.24) is 9.80 Å². The van der Waals surface area contributed by atoms with Crippen molar-refractivity contribution in [3.8, 4) is 0 Å². The van der Waals surface area contributed by atoms with Crippen molar-refractivity contribution < 1.29 is 14.4 Å². The van der Waals surface area contributed by atoms with Crippen LogP contribution in [0, 0.1) is 5.92 Å². The smallest absolute Gasteiger partial charge is 0.254 e. The first-order valence-electron chi connectivity index (χ1n) is 12.5. The van der Waals surface area contributed by atoms with Crippen molar-refractivity contribution in [2.45, 2.75) is 58.3 Å². The number of carbonyl (C=O) groups is 3. The van der Waals surface area contributed by atoms with Gasteiger partial charge in [0.25, 0.3) is 5.91 Å². The van der Waals surface area contributed by atoms with E-state index in [1.54, 1.807) is 11.9 Å². The number of hydrogen-bond acceptors (Lipinski definition) is 3. The summed E-state index contributed by atoms with van der Waals surface area (Å²) in [7, 11) is 1.67. The standard InChI is InChI=1S/C29H38N2O3/c1-5-9-26(32)29(25-10-7-6-8-11-25)16-18-31(19-17-29)27(33)21-30(4)28(34)24-14-12-23(13-15-24)20-22(2)3/h6-8,10-15,22H,5,9,16-21H2,1-4H3. The van der Waals surface area contributed by atoms with Gasteiger partial charge in [0, 0.05) is 32.1 Å². The quantitative estimate of drug-likeness (QED) is 0.533. The van der Waals surface area contributed by atoms with Crippen molar-refractivity contribution >= 4 is 17.6 Å². The Morgan fingerprint density at radius 2 is 1.59 bits per heavy atom. The Morgan fingerprint density at radius 3 is 2.15 bits per heavy atom. The number of nitrogens with zero attached hydrogens (tertiary/aromatic N) is 2. The molecule has 1 heterocycles. The van der Waals surface area contributed by atoms with Crippen LogP contribution in [0.5, 0.6) is 0 Å². The van der Waals surface area contributed by atoms with E-state index in [4.69, 9.17) is 0 Å². The van der Waals surface area contributed by atoms with Crippen LogP contribution in [0.4, 0.5) is 0 Å². The second-order valence-corrected chi connectivity index (χ2v) is 9.96. The van der Waals surface area contributed by atoms with Gasteiger partial charge in [0.1, 0.15) is 5.78 Å². The van der Waals surface area contributed by atoms with Crippen LogP contribution in [-0.4, -0.2) is 54.1 Å². The molecule has 1 saturated heterocycles. The van der Waals surface area contributed by atoms with Crippen LogP contribution in [0.15, 0.2) is 54.6 Å². The van der Waals surface area contributed by atoms with Gasteiger partial charge in [-0.25, -0.2) is 0 Å². The first-order valence-corrected chi connectivity index (χ1v) is 12.5. The fourth-order valence-corrected chi connectivity index (χ4v) is 4.94. The molecule has 0 aromatic heterocycles. The van der Waals surface area contributed by atoms with Gasteiger partial charge < -0.3 is 9.80 Å². The normalized spacial score (nSPS) is 15.3. The summed E-state index contributed by atoms with van der Waals surface area (Å²) in [6.07, 6.45) is 3.59. The highest BCUT2D eigenvalue weighted by Gasteiger charge is 2.42. The summed E-state index contributed by atoms with van der Waals surface area (Å²) >= 11 is 0. The molecule has 2 aromatic carbocycles. The number of benzene rings is 2. The third-order valence-corrected chi connectivity index (χ3v) is 6.87. The summed E-state index contributed by atoms with van der Waals surface area (Å²) in [6.45, 7) is 7.45. The molecule has 2 aromatic rings. The van der Waals surface area contributed by atoms with Crippen LogP contribution >= 0.6 is 0 Å². The van der Waals surface area contributed by atoms with Crippen LogP contribution < -0.4 is 0 Å². The maximum Gasteiger partial charge on any atom is 0.254 e. The molecule has 0 aliphatic carbocycles. The molecule has 182 valence electrons. The SMILES string of the molecule is CCCC(=O)C1(c2ccccc2)CCN(C(=O)CN(C)C(=O)c2ccc(CC(C)C)cc2)CC1. The molecule has 2 amide bonds. The van der Waals surface area contributed by atoms with Crippen LogP contribution in [-0.2, 0) is 21.4 Å². The molecule has 1 fully saturated rings. The van der Waals surface area contributed by atoms with Crippen molar-refractivity contribution in [2.24, 2.45) is 5.92 Å². The van der Waals surface area contributed by atoms with Crippen LogP contribution in [0.3, 0.4) is 0 Å². The average Bonchev–Trinajstić information content (AvgIpc) is 2.84. The van der Waals surface area contributed by atoms with Gasteiger partial charge in [0.2, 0.25) is 5.91 Å².